The van der Waals surface area contributed by atoms with Crippen LogP contribution >= 0.6 is 0 Å². The third kappa shape index (κ3) is 2.90. The van der Waals surface area contributed by atoms with Gasteiger partial charge in [-0.15, -0.1) is 0 Å². The summed E-state index contributed by atoms with van der Waals surface area (Å²) in [4.78, 5) is 11.3. The molecule has 3 N–H and O–H groups in total. The molecule has 1 atom stereocenters. The van der Waals surface area contributed by atoms with E-state index in [9.17, 15) is 4.39 Å². The van der Waals surface area contributed by atoms with E-state index in [1.165, 1.54) is 0 Å². The highest BCUT2D eigenvalue weighted by atomic mass is 19.1. The van der Waals surface area contributed by atoms with Gasteiger partial charge in [-0.2, -0.15) is 4.98 Å². The molecular formula is C10H13FN6. The summed E-state index contributed by atoms with van der Waals surface area (Å²) >= 11 is 0. The molecule has 0 radical (unpaired) electrons. The SMILES string of the molecule is CC(Cn1ccnc1)Nc1nc(N)ncc1F. The molecule has 2 aromatic heterocycles. The van der Waals surface area contributed by atoms with Crippen LogP contribution in [0.5, 0.6) is 0 Å². The number of nitrogens with two attached hydrogens (primary N) is 1. The van der Waals surface area contributed by atoms with Crippen LogP contribution in [0.4, 0.5) is 16.2 Å². The van der Waals surface area contributed by atoms with Crippen LogP contribution in [0.25, 0.3) is 0 Å². The molecule has 2 heterocycles. The van der Waals surface area contributed by atoms with Crippen molar-refractivity contribution in [1.82, 2.24) is 19.5 Å². The Labute approximate surface area is 97.7 Å². The van der Waals surface area contributed by atoms with Crippen molar-refractivity contribution in [3.8, 4) is 0 Å². The Morgan fingerprint density at radius 1 is 1.59 bits per heavy atom. The molecule has 0 aromatic carbocycles. The van der Waals surface area contributed by atoms with Crippen LogP contribution in [-0.2, 0) is 6.54 Å². The first-order valence-electron chi connectivity index (χ1n) is 5.15. The first-order chi connectivity index (χ1) is 8.15. The number of halogens is 1. The van der Waals surface area contributed by atoms with Crippen molar-refractivity contribution >= 4 is 11.8 Å². The topological polar surface area (TPSA) is 81.7 Å². The molecule has 1 unspecified atom stereocenters. The lowest BCUT2D eigenvalue weighted by molar-refractivity contribution is 0.590. The van der Waals surface area contributed by atoms with Crippen LogP contribution in [0.2, 0.25) is 0 Å². The predicted molar refractivity (Wildman–Crippen MR) is 61.7 cm³/mol. The summed E-state index contributed by atoms with van der Waals surface area (Å²) in [6, 6.07) is -0.00648. The van der Waals surface area contributed by atoms with Gasteiger partial charge in [0.25, 0.3) is 0 Å². The van der Waals surface area contributed by atoms with Gasteiger partial charge in [0.2, 0.25) is 5.95 Å². The molecule has 7 heteroatoms. The highest BCUT2D eigenvalue weighted by molar-refractivity contribution is 5.39. The standard InChI is InChI=1S/C10H13FN6/c1-7(5-17-3-2-13-6-17)15-9-8(11)4-14-10(12)16-9/h2-4,6-7H,5H2,1H3,(H3,12,14,15,16). The van der Waals surface area contributed by atoms with E-state index in [1.54, 1.807) is 12.5 Å². The van der Waals surface area contributed by atoms with Gasteiger partial charge in [0.15, 0.2) is 11.6 Å². The molecule has 2 rings (SSSR count). The molecule has 2 aromatic rings. The largest absolute Gasteiger partial charge is 0.368 e. The highest BCUT2D eigenvalue weighted by Crippen LogP contribution is 2.11. The zero-order chi connectivity index (χ0) is 12.3. The van der Waals surface area contributed by atoms with Gasteiger partial charge >= 0.3 is 0 Å². The monoisotopic (exact) mass is 236 g/mol. The third-order valence-corrected chi connectivity index (χ3v) is 2.19. The Morgan fingerprint density at radius 3 is 3.12 bits per heavy atom. The van der Waals surface area contributed by atoms with Crippen molar-refractivity contribution in [2.75, 3.05) is 11.1 Å². The second-order valence-corrected chi connectivity index (χ2v) is 3.73. The van der Waals surface area contributed by atoms with Gasteiger partial charge in [0.05, 0.1) is 12.5 Å². The summed E-state index contributed by atoms with van der Waals surface area (Å²) < 4.78 is 15.2. The van der Waals surface area contributed by atoms with Crippen molar-refractivity contribution in [2.45, 2.75) is 19.5 Å². The second-order valence-electron chi connectivity index (χ2n) is 3.73. The van der Waals surface area contributed by atoms with Crippen molar-refractivity contribution in [2.24, 2.45) is 0 Å². The molecule has 0 saturated heterocycles. The fourth-order valence-electron chi connectivity index (χ4n) is 1.47. The van der Waals surface area contributed by atoms with E-state index in [-0.39, 0.29) is 17.8 Å². The Morgan fingerprint density at radius 2 is 2.41 bits per heavy atom. The minimum atomic E-state index is -0.517. The van der Waals surface area contributed by atoms with Crippen LogP contribution < -0.4 is 11.1 Å². The number of hydrogen-bond acceptors (Lipinski definition) is 5. The number of anilines is 2. The number of rotatable bonds is 4. The molecule has 0 spiro atoms. The fraction of sp³-hybridized carbons (Fsp3) is 0.300. The fourth-order valence-corrected chi connectivity index (χ4v) is 1.47. The molecule has 17 heavy (non-hydrogen) atoms. The molecular weight excluding hydrogens is 223 g/mol. The summed E-state index contributed by atoms with van der Waals surface area (Å²) in [7, 11) is 0. The smallest absolute Gasteiger partial charge is 0.222 e. The van der Waals surface area contributed by atoms with Crippen LogP contribution in [0.15, 0.2) is 24.9 Å². The maximum Gasteiger partial charge on any atom is 0.222 e. The van der Waals surface area contributed by atoms with E-state index in [0.717, 1.165) is 6.20 Å². The number of hydrogen-bond donors (Lipinski definition) is 2. The van der Waals surface area contributed by atoms with E-state index in [0.29, 0.717) is 6.54 Å². The van der Waals surface area contributed by atoms with E-state index in [2.05, 4.69) is 20.3 Å². The first kappa shape index (κ1) is 11.3. The van der Waals surface area contributed by atoms with Crippen molar-refractivity contribution < 1.29 is 4.39 Å². The van der Waals surface area contributed by atoms with Crippen LogP contribution in [0.3, 0.4) is 0 Å². The molecule has 0 aliphatic heterocycles. The van der Waals surface area contributed by atoms with Crippen LogP contribution in [-0.4, -0.2) is 25.6 Å². The molecule has 0 bridgehead atoms. The lowest BCUT2D eigenvalue weighted by Gasteiger charge is -2.15. The van der Waals surface area contributed by atoms with Gasteiger partial charge < -0.3 is 15.6 Å². The Balaban J connectivity index is 2.02. The lowest BCUT2D eigenvalue weighted by Crippen LogP contribution is -2.23. The number of imidazole rings is 1. The second kappa shape index (κ2) is 4.77. The highest BCUT2D eigenvalue weighted by Gasteiger charge is 2.09. The molecule has 0 saturated carbocycles. The Bertz CT molecular complexity index is 484. The molecule has 0 fully saturated rings. The van der Waals surface area contributed by atoms with Crippen molar-refractivity contribution in [3.63, 3.8) is 0 Å². The number of nitrogens with zero attached hydrogens (tertiary/aromatic N) is 4. The molecule has 0 aliphatic rings. The quantitative estimate of drug-likeness (QED) is 0.824. The molecule has 6 nitrogen and oxygen atoms in total. The van der Waals surface area contributed by atoms with Crippen LogP contribution in [0.1, 0.15) is 6.92 Å². The van der Waals surface area contributed by atoms with Crippen LogP contribution in [0, 0.1) is 5.82 Å². The number of nitrogens with one attached hydrogen (secondary N) is 1. The maximum absolute atomic E-state index is 13.3. The van der Waals surface area contributed by atoms with Gasteiger partial charge in [-0.05, 0) is 6.92 Å². The van der Waals surface area contributed by atoms with Crippen molar-refractivity contribution in [1.29, 1.82) is 0 Å². The first-order valence-corrected chi connectivity index (χ1v) is 5.15. The van der Waals surface area contributed by atoms with E-state index in [4.69, 9.17) is 5.73 Å². The summed E-state index contributed by atoms with van der Waals surface area (Å²) in [6.45, 7) is 2.57. The van der Waals surface area contributed by atoms with E-state index < -0.39 is 5.82 Å². The van der Waals surface area contributed by atoms with E-state index in [1.807, 2.05) is 17.7 Å². The van der Waals surface area contributed by atoms with Gasteiger partial charge in [-0.1, -0.05) is 0 Å². The average Bonchev–Trinajstić information content (AvgIpc) is 2.76. The van der Waals surface area contributed by atoms with Gasteiger partial charge in [0.1, 0.15) is 0 Å². The summed E-state index contributed by atoms with van der Waals surface area (Å²) in [6.07, 6.45) is 6.27. The molecule has 0 aliphatic carbocycles. The minimum Gasteiger partial charge on any atom is -0.368 e. The zero-order valence-electron chi connectivity index (χ0n) is 9.34. The number of nitrogen functional groups attached to an aromatic ring is 1. The number of aromatic nitrogens is 4. The Hall–Kier alpha value is -2.18. The summed E-state index contributed by atoms with van der Waals surface area (Å²) in [5.41, 5.74) is 5.40. The van der Waals surface area contributed by atoms with E-state index >= 15 is 0 Å². The Kier molecular flexibility index (Phi) is 3.17. The lowest BCUT2D eigenvalue weighted by atomic mass is 10.3. The van der Waals surface area contributed by atoms with Gasteiger partial charge in [-0.3, -0.25) is 0 Å². The molecule has 90 valence electrons. The average molecular weight is 236 g/mol. The predicted octanol–water partition coefficient (Wildman–Crippen LogP) is 0.895. The third-order valence-electron chi connectivity index (χ3n) is 2.19. The normalized spacial score (nSPS) is 12.4. The zero-order valence-corrected chi connectivity index (χ0v) is 9.34. The minimum absolute atomic E-state index is 0.00648. The summed E-state index contributed by atoms with van der Waals surface area (Å²) in [5.74, 6) is -0.356. The molecule has 0 amide bonds. The maximum atomic E-state index is 13.3. The van der Waals surface area contributed by atoms with Gasteiger partial charge in [-0.25, -0.2) is 14.4 Å². The summed E-state index contributed by atoms with van der Waals surface area (Å²) in [5, 5.41) is 2.93. The van der Waals surface area contributed by atoms with Gasteiger partial charge in [0, 0.05) is 25.0 Å². The van der Waals surface area contributed by atoms with Crippen molar-refractivity contribution in [3.05, 3.63) is 30.7 Å².